The van der Waals surface area contributed by atoms with Gasteiger partial charge in [-0.2, -0.15) is 0 Å². The standard InChI is InChI=1S/C20H32N4O/c1-16(2)15-24-13-7-8-17(24)14-22-19-18(9-6-10-21-19)20(25)23-11-4-3-5-12-23/h6,9-10,16-17H,3-5,7-8,11-15H2,1-2H3,(H,21,22)/t17-/m1/s1. The number of nitrogens with one attached hydrogen (secondary N) is 1. The van der Waals surface area contributed by atoms with Crippen LogP contribution >= 0.6 is 0 Å². The molecule has 25 heavy (non-hydrogen) atoms. The molecule has 138 valence electrons. The Morgan fingerprint density at radius 2 is 2.04 bits per heavy atom. The van der Waals surface area contributed by atoms with E-state index in [1.165, 1.54) is 25.8 Å². The van der Waals surface area contributed by atoms with Crippen molar-refractivity contribution in [2.24, 2.45) is 5.92 Å². The summed E-state index contributed by atoms with van der Waals surface area (Å²) >= 11 is 0. The number of hydrogen-bond acceptors (Lipinski definition) is 4. The number of carbonyl (C=O) groups excluding carboxylic acids is 1. The number of amides is 1. The molecule has 1 atom stereocenters. The summed E-state index contributed by atoms with van der Waals surface area (Å²) in [4.78, 5) is 21.9. The van der Waals surface area contributed by atoms with E-state index >= 15 is 0 Å². The zero-order chi connectivity index (χ0) is 17.6. The van der Waals surface area contributed by atoms with E-state index in [1.807, 2.05) is 17.0 Å². The highest BCUT2D eigenvalue weighted by atomic mass is 16.2. The van der Waals surface area contributed by atoms with Gasteiger partial charge in [-0.1, -0.05) is 13.8 Å². The maximum Gasteiger partial charge on any atom is 0.257 e. The van der Waals surface area contributed by atoms with Gasteiger partial charge in [-0.15, -0.1) is 0 Å². The number of likely N-dealkylation sites (tertiary alicyclic amines) is 2. The van der Waals surface area contributed by atoms with Crippen LogP contribution in [0.3, 0.4) is 0 Å². The second kappa shape index (κ2) is 8.65. The quantitative estimate of drug-likeness (QED) is 0.861. The molecule has 0 aromatic carbocycles. The molecule has 2 aliphatic rings. The van der Waals surface area contributed by atoms with E-state index < -0.39 is 0 Å². The van der Waals surface area contributed by atoms with E-state index in [2.05, 4.69) is 29.0 Å². The molecule has 0 spiro atoms. The monoisotopic (exact) mass is 344 g/mol. The van der Waals surface area contributed by atoms with Crippen molar-refractivity contribution in [3.05, 3.63) is 23.9 Å². The molecular formula is C20H32N4O. The summed E-state index contributed by atoms with van der Waals surface area (Å²) < 4.78 is 0. The Kier molecular flexibility index (Phi) is 6.29. The lowest BCUT2D eigenvalue weighted by Gasteiger charge is -2.28. The molecule has 0 bridgehead atoms. The summed E-state index contributed by atoms with van der Waals surface area (Å²) in [6.45, 7) is 9.49. The molecule has 1 amide bonds. The highest BCUT2D eigenvalue weighted by Crippen LogP contribution is 2.21. The molecule has 2 saturated heterocycles. The maximum absolute atomic E-state index is 12.9. The molecule has 1 aromatic rings. The Morgan fingerprint density at radius 3 is 2.80 bits per heavy atom. The molecule has 0 unspecified atom stereocenters. The van der Waals surface area contributed by atoms with E-state index in [9.17, 15) is 4.79 Å². The van der Waals surface area contributed by atoms with E-state index in [0.717, 1.165) is 50.4 Å². The van der Waals surface area contributed by atoms with Crippen LogP contribution in [0.4, 0.5) is 5.82 Å². The van der Waals surface area contributed by atoms with E-state index in [1.54, 1.807) is 6.20 Å². The molecule has 2 aliphatic heterocycles. The van der Waals surface area contributed by atoms with Gasteiger partial charge in [0.2, 0.25) is 0 Å². The zero-order valence-electron chi connectivity index (χ0n) is 15.7. The van der Waals surface area contributed by atoms with Crippen molar-refractivity contribution in [3.8, 4) is 0 Å². The van der Waals surface area contributed by atoms with Gasteiger partial charge in [0.05, 0.1) is 5.56 Å². The van der Waals surface area contributed by atoms with E-state index in [0.29, 0.717) is 12.0 Å². The van der Waals surface area contributed by atoms with Crippen LogP contribution in [0.5, 0.6) is 0 Å². The van der Waals surface area contributed by atoms with Gasteiger partial charge in [0.1, 0.15) is 5.82 Å². The van der Waals surface area contributed by atoms with Gasteiger partial charge in [0, 0.05) is 38.4 Å². The third-order valence-corrected chi connectivity index (χ3v) is 5.29. The largest absolute Gasteiger partial charge is 0.368 e. The van der Waals surface area contributed by atoms with Crippen LogP contribution in [0.1, 0.15) is 56.3 Å². The average molecular weight is 345 g/mol. The Labute approximate surface area is 151 Å². The van der Waals surface area contributed by atoms with Crippen molar-refractivity contribution in [1.82, 2.24) is 14.8 Å². The van der Waals surface area contributed by atoms with Crippen LogP contribution in [-0.2, 0) is 0 Å². The second-order valence-electron chi connectivity index (χ2n) is 7.82. The lowest BCUT2D eigenvalue weighted by Crippen LogP contribution is -2.38. The molecular weight excluding hydrogens is 312 g/mol. The number of hydrogen-bond donors (Lipinski definition) is 1. The fourth-order valence-electron chi connectivity index (χ4n) is 4.04. The first kappa shape index (κ1) is 18.2. The average Bonchev–Trinajstić information content (AvgIpc) is 3.06. The number of pyridine rings is 1. The molecule has 0 radical (unpaired) electrons. The maximum atomic E-state index is 12.9. The first-order valence-electron chi connectivity index (χ1n) is 9.87. The van der Waals surface area contributed by atoms with E-state index in [4.69, 9.17) is 0 Å². The lowest BCUT2D eigenvalue weighted by atomic mass is 10.1. The molecule has 2 fully saturated rings. The molecule has 5 nitrogen and oxygen atoms in total. The first-order valence-corrected chi connectivity index (χ1v) is 9.87. The number of nitrogens with zero attached hydrogens (tertiary/aromatic N) is 3. The van der Waals surface area contributed by atoms with Crippen LogP contribution < -0.4 is 5.32 Å². The minimum absolute atomic E-state index is 0.126. The highest BCUT2D eigenvalue weighted by Gasteiger charge is 2.26. The lowest BCUT2D eigenvalue weighted by molar-refractivity contribution is 0.0725. The number of aromatic nitrogens is 1. The van der Waals surface area contributed by atoms with Crippen LogP contribution in [0, 0.1) is 5.92 Å². The van der Waals surface area contributed by atoms with Crippen molar-refractivity contribution in [2.45, 2.75) is 52.0 Å². The van der Waals surface area contributed by atoms with Crippen molar-refractivity contribution in [2.75, 3.05) is 38.0 Å². The van der Waals surface area contributed by atoms with E-state index in [-0.39, 0.29) is 5.91 Å². The second-order valence-corrected chi connectivity index (χ2v) is 7.82. The highest BCUT2D eigenvalue weighted by molar-refractivity contribution is 5.98. The number of anilines is 1. The van der Waals surface area contributed by atoms with Gasteiger partial charge in [0.15, 0.2) is 0 Å². The molecule has 1 N–H and O–H groups in total. The van der Waals surface area contributed by atoms with Crippen LogP contribution in [-0.4, -0.2) is 59.5 Å². The van der Waals surface area contributed by atoms with Crippen molar-refractivity contribution in [1.29, 1.82) is 0 Å². The Balaban J connectivity index is 1.63. The Morgan fingerprint density at radius 1 is 1.24 bits per heavy atom. The summed E-state index contributed by atoms with van der Waals surface area (Å²) in [5.41, 5.74) is 0.720. The first-order chi connectivity index (χ1) is 12.1. The molecule has 3 heterocycles. The number of rotatable bonds is 6. The molecule has 1 aromatic heterocycles. The molecule has 5 heteroatoms. The van der Waals surface area contributed by atoms with Gasteiger partial charge in [-0.25, -0.2) is 4.98 Å². The predicted molar refractivity (Wildman–Crippen MR) is 102 cm³/mol. The fourth-order valence-corrected chi connectivity index (χ4v) is 4.04. The number of carbonyl (C=O) groups is 1. The van der Waals surface area contributed by atoms with Crippen molar-refractivity contribution < 1.29 is 4.79 Å². The number of piperidine rings is 1. The fraction of sp³-hybridized carbons (Fsp3) is 0.700. The summed E-state index contributed by atoms with van der Waals surface area (Å²) in [5, 5.41) is 3.48. The zero-order valence-corrected chi connectivity index (χ0v) is 15.7. The summed E-state index contributed by atoms with van der Waals surface area (Å²) in [6.07, 6.45) is 7.72. The van der Waals surface area contributed by atoms with Gasteiger partial charge < -0.3 is 10.2 Å². The summed E-state index contributed by atoms with van der Waals surface area (Å²) in [6, 6.07) is 4.32. The third-order valence-electron chi connectivity index (χ3n) is 5.29. The topological polar surface area (TPSA) is 48.5 Å². The normalized spacial score (nSPS) is 21.7. The minimum atomic E-state index is 0.126. The van der Waals surface area contributed by atoms with Gasteiger partial charge >= 0.3 is 0 Å². The van der Waals surface area contributed by atoms with Crippen molar-refractivity contribution in [3.63, 3.8) is 0 Å². The van der Waals surface area contributed by atoms with Crippen LogP contribution in [0.15, 0.2) is 18.3 Å². The molecule has 0 saturated carbocycles. The third kappa shape index (κ3) is 4.72. The van der Waals surface area contributed by atoms with Gasteiger partial charge in [-0.05, 0) is 56.7 Å². The summed E-state index contributed by atoms with van der Waals surface area (Å²) in [5.74, 6) is 1.56. The van der Waals surface area contributed by atoms with Crippen molar-refractivity contribution >= 4 is 11.7 Å². The summed E-state index contributed by atoms with van der Waals surface area (Å²) in [7, 11) is 0. The Hall–Kier alpha value is -1.62. The smallest absolute Gasteiger partial charge is 0.257 e. The SMILES string of the molecule is CC(C)CN1CCC[C@@H]1CNc1ncccc1C(=O)N1CCCCC1. The minimum Gasteiger partial charge on any atom is -0.368 e. The van der Waals surface area contributed by atoms with Gasteiger partial charge in [0.25, 0.3) is 5.91 Å². The van der Waals surface area contributed by atoms with Crippen LogP contribution in [0.2, 0.25) is 0 Å². The predicted octanol–water partition coefficient (Wildman–Crippen LogP) is 3.24. The molecule has 3 rings (SSSR count). The van der Waals surface area contributed by atoms with Crippen LogP contribution in [0.25, 0.3) is 0 Å². The Bertz CT molecular complexity index is 569. The molecule has 0 aliphatic carbocycles. The van der Waals surface area contributed by atoms with Gasteiger partial charge in [-0.3, -0.25) is 9.69 Å².